The average molecular weight is 378 g/mol. The van der Waals surface area contributed by atoms with Crippen LogP contribution in [0.1, 0.15) is 18.9 Å². The highest BCUT2D eigenvalue weighted by molar-refractivity contribution is 9.10. The zero-order valence-corrected chi connectivity index (χ0v) is 13.0. The standard InChI is InChI=1S/C13H11BrF3N3O2/c1-3-4-7(2)22-11-8(13(15,16)17)5-9(14)10(19-11)12-20-18-6-21-12/h3,5-7H,1,4H2,2H3/t7-/m1/s1. The number of hydrogen-bond donors (Lipinski definition) is 0. The molecule has 22 heavy (non-hydrogen) atoms. The lowest BCUT2D eigenvalue weighted by molar-refractivity contribution is -0.139. The van der Waals surface area contributed by atoms with E-state index in [0.717, 1.165) is 12.5 Å². The molecular formula is C13H11BrF3N3O2. The third kappa shape index (κ3) is 3.65. The second kappa shape index (κ2) is 6.47. The third-order valence-electron chi connectivity index (χ3n) is 2.62. The summed E-state index contributed by atoms with van der Waals surface area (Å²) in [4.78, 5) is 3.88. The molecule has 1 atom stereocenters. The van der Waals surface area contributed by atoms with Gasteiger partial charge in [-0.1, -0.05) is 6.08 Å². The van der Waals surface area contributed by atoms with E-state index in [4.69, 9.17) is 9.15 Å². The van der Waals surface area contributed by atoms with Crippen molar-refractivity contribution in [3.63, 3.8) is 0 Å². The first-order chi connectivity index (χ1) is 10.3. The van der Waals surface area contributed by atoms with E-state index in [1.54, 1.807) is 13.0 Å². The first-order valence-corrected chi connectivity index (χ1v) is 6.94. The van der Waals surface area contributed by atoms with Crippen molar-refractivity contribution in [1.82, 2.24) is 15.2 Å². The molecule has 2 aromatic heterocycles. The topological polar surface area (TPSA) is 61.0 Å². The lowest BCUT2D eigenvalue weighted by Crippen LogP contribution is -2.17. The highest BCUT2D eigenvalue weighted by Gasteiger charge is 2.37. The normalized spacial score (nSPS) is 13.0. The Labute approximate surface area is 132 Å². The largest absolute Gasteiger partial charge is 0.474 e. The minimum atomic E-state index is -4.61. The van der Waals surface area contributed by atoms with Gasteiger partial charge in [0.05, 0.1) is 0 Å². The van der Waals surface area contributed by atoms with Crippen LogP contribution in [0.25, 0.3) is 11.6 Å². The molecule has 0 saturated heterocycles. The Hall–Kier alpha value is -1.90. The van der Waals surface area contributed by atoms with Crippen LogP contribution in [0.2, 0.25) is 0 Å². The van der Waals surface area contributed by atoms with Gasteiger partial charge in [-0.3, -0.25) is 0 Å². The van der Waals surface area contributed by atoms with E-state index in [2.05, 4.69) is 37.7 Å². The van der Waals surface area contributed by atoms with E-state index in [-0.39, 0.29) is 16.1 Å². The van der Waals surface area contributed by atoms with Gasteiger partial charge in [0.25, 0.3) is 5.89 Å². The Morgan fingerprint density at radius 2 is 2.23 bits per heavy atom. The minimum absolute atomic E-state index is 0.0122. The highest BCUT2D eigenvalue weighted by Crippen LogP contribution is 2.40. The monoisotopic (exact) mass is 377 g/mol. The molecule has 0 saturated carbocycles. The number of rotatable bonds is 5. The van der Waals surface area contributed by atoms with Crippen LogP contribution in [0.15, 0.2) is 34.0 Å². The molecule has 0 spiro atoms. The molecular weight excluding hydrogens is 367 g/mol. The van der Waals surface area contributed by atoms with Gasteiger partial charge in [0.2, 0.25) is 12.3 Å². The van der Waals surface area contributed by atoms with E-state index in [0.29, 0.717) is 6.42 Å². The number of hydrogen-bond acceptors (Lipinski definition) is 5. The van der Waals surface area contributed by atoms with E-state index in [1.165, 1.54) is 0 Å². The molecule has 0 radical (unpaired) electrons. The molecule has 0 aromatic carbocycles. The smallest absolute Gasteiger partial charge is 0.421 e. The summed E-state index contributed by atoms with van der Waals surface area (Å²) in [5, 5.41) is 7.11. The van der Waals surface area contributed by atoms with Crippen LogP contribution in [-0.4, -0.2) is 21.3 Å². The van der Waals surface area contributed by atoms with Crippen molar-refractivity contribution in [1.29, 1.82) is 0 Å². The van der Waals surface area contributed by atoms with Gasteiger partial charge < -0.3 is 9.15 Å². The van der Waals surface area contributed by atoms with E-state index in [9.17, 15) is 13.2 Å². The van der Waals surface area contributed by atoms with Crippen molar-refractivity contribution in [2.75, 3.05) is 0 Å². The van der Waals surface area contributed by atoms with Crippen molar-refractivity contribution < 1.29 is 22.3 Å². The quantitative estimate of drug-likeness (QED) is 0.728. The maximum absolute atomic E-state index is 13.1. The molecule has 2 heterocycles. The average Bonchev–Trinajstić information content (AvgIpc) is 2.93. The molecule has 2 rings (SSSR count). The van der Waals surface area contributed by atoms with E-state index >= 15 is 0 Å². The fraction of sp³-hybridized carbons (Fsp3) is 0.308. The lowest BCUT2D eigenvalue weighted by atomic mass is 10.2. The summed E-state index contributed by atoms with van der Waals surface area (Å²) in [6.45, 7) is 5.15. The number of aromatic nitrogens is 3. The molecule has 9 heteroatoms. The number of halogens is 4. The summed E-state index contributed by atoms with van der Waals surface area (Å²) in [6.07, 6.45) is -2.13. The molecule has 0 amide bonds. The van der Waals surface area contributed by atoms with Crippen LogP contribution >= 0.6 is 15.9 Å². The predicted octanol–water partition coefficient (Wildman–Crippen LogP) is 4.26. The van der Waals surface area contributed by atoms with Crippen molar-refractivity contribution in [3.8, 4) is 17.5 Å². The highest BCUT2D eigenvalue weighted by atomic mass is 79.9. The number of ether oxygens (including phenoxy) is 1. The van der Waals surface area contributed by atoms with Gasteiger partial charge in [-0.05, 0) is 28.9 Å². The maximum Gasteiger partial charge on any atom is 0.421 e. The molecule has 0 aliphatic heterocycles. The molecule has 2 aromatic rings. The molecule has 0 fully saturated rings. The lowest BCUT2D eigenvalue weighted by Gasteiger charge is -2.18. The SMILES string of the molecule is C=CC[C@@H](C)Oc1nc(-c2nnco2)c(Br)cc1C(F)(F)F. The van der Waals surface area contributed by atoms with E-state index < -0.39 is 23.7 Å². The van der Waals surface area contributed by atoms with Crippen molar-refractivity contribution in [3.05, 3.63) is 35.2 Å². The molecule has 5 nitrogen and oxygen atoms in total. The summed E-state index contributed by atoms with van der Waals surface area (Å²) < 4.78 is 49.7. The zero-order chi connectivity index (χ0) is 16.3. The number of pyridine rings is 1. The summed E-state index contributed by atoms with van der Waals surface area (Å²) in [5.74, 6) is -0.555. The Morgan fingerprint density at radius 3 is 2.77 bits per heavy atom. The Balaban J connectivity index is 2.51. The van der Waals surface area contributed by atoms with Gasteiger partial charge in [0, 0.05) is 10.9 Å². The molecule has 0 bridgehead atoms. The summed E-state index contributed by atoms with van der Waals surface area (Å²) in [7, 11) is 0. The minimum Gasteiger partial charge on any atom is -0.474 e. The second-order valence-electron chi connectivity index (χ2n) is 4.37. The van der Waals surface area contributed by atoms with E-state index in [1.807, 2.05) is 0 Å². The van der Waals surface area contributed by atoms with Gasteiger partial charge in [-0.2, -0.15) is 13.2 Å². The fourth-order valence-corrected chi connectivity index (χ4v) is 2.15. The summed E-state index contributed by atoms with van der Waals surface area (Å²) >= 11 is 3.03. The molecule has 0 N–H and O–H groups in total. The van der Waals surface area contributed by atoms with Crippen molar-refractivity contribution >= 4 is 15.9 Å². The third-order valence-corrected chi connectivity index (χ3v) is 3.22. The first kappa shape index (κ1) is 16.5. The van der Waals surface area contributed by atoms with Crippen LogP contribution in [0.4, 0.5) is 13.2 Å². The summed E-state index contributed by atoms with van der Waals surface area (Å²) in [6, 6.07) is 0.877. The van der Waals surface area contributed by atoms with Gasteiger partial charge in [-0.15, -0.1) is 16.8 Å². The predicted molar refractivity (Wildman–Crippen MR) is 75.1 cm³/mol. The second-order valence-corrected chi connectivity index (χ2v) is 5.22. The Kier molecular flexibility index (Phi) is 4.84. The fourth-order valence-electron chi connectivity index (χ4n) is 1.66. The Morgan fingerprint density at radius 1 is 1.50 bits per heavy atom. The van der Waals surface area contributed by atoms with Crippen molar-refractivity contribution in [2.24, 2.45) is 0 Å². The molecule has 0 unspecified atom stereocenters. The van der Waals surface area contributed by atoms with Gasteiger partial charge >= 0.3 is 6.18 Å². The van der Waals surface area contributed by atoms with Crippen LogP contribution in [-0.2, 0) is 6.18 Å². The van der Waals surface area contributed by atoms with Gasteiger partial charge in [0.1, 0.15) is 17.4 Å². The first-order valence-electron chi connectivity index (χ1n) is 6.14. The number of nitrogens with zero attached hydrogens (tertiary/aromatic N) is 3. The summed E-state index contributed by atoms with van der Waals surface area (Å²) in [5.41, 5.74) is -0.912. The number of alkyl halides is 3. The molecule has 118 valence electrons. The van der Waals surface area contributed by atoms with Crippen LogP contribution in [0.3, 0.4) is 0 Å². The van der Waals surface area contributed by atoms with Crippen LogP contribution < -0.4 is 4.74 Å². The van der Waals surface area contributed by atoms with Crippen LogP contribution in [0.5, 0.6) is 5.88 Å². The maximum atomic E-state index is 13.1. The van der Waals surface area contributed by atoms with Gasteiger partial charge in [0.15, 0.2) is 0 Å². The van der Waals surface area contributed by atoms with Gasteiger partial charge in [-0.25, -0.2) is 4.98 Å². The molecule has 0 aliphatic carbocycles. The zero-order valence-electron chi connectivity index (χ0n) is 11.4. The Bertz CT molecular complexity index is 659. The van der Waals surface area contributed by atoms with Crippen molar-refractivity contribution in [2.45, 2.75) is 25.6 Å². The molecule has 0 aliphatic rings. The van der Waals surface area contributed by atoms with Crippen LogP contribution in [0, 0.1) is 0 Å².